The Balaban J connectivity index is 1.37. The van der Waals surface area contributed by atoms with Crippen LogP contribution in [0, 0.1) is 11.6 Å². The summed E-state index contributed by atoms with van der Waals surface area (Å²) in [6, 6.07) is 55.9. The van der Waals surface area contributed by atoms with Crippen LogP contribution in [0.3, 0.4) is 0 Å². The van der Waals surface area contributed by atoms with Crippen LogP contribution in [0.4, 0.5) is 8.78 Å². The molecule has 0 radical (unpaired) electrons. The highest BCUT2D eigenvalue weighted by atomic mass is 19.1. The minimum atomic E-state index is -0.363. The lowest BCUT2D eigenvalue weighted by Crippen LogP contribution is -2.16. The van der Waals surface area contributed by atoms with Crippen LogP contribution in [0.1, 0.15) is 50.7 Å². The van der Waals surface area contributed by atoms with Gasteiger partial charge in [0.2, 0.25) is 0 Å². The number of para-hydroxylation sites is 4. The molecule has 4 nitrogen and oxygen atoms in total. The Morgan fingerprint density at radius 3 is 1.15 bits per heavy atom. The van der Waals surface area contributed by atoms with Gasteiger partial charge in [0.25, 0.3) is 0 Å². The molecule has 0 aliphatic rings. The number of benzene rings is 9. The normalized spacial score (nSPS) is 12.4. The maximum atomic E-state index is 17.3. The van der Waals surface area contributed by atoms with Gasteiger partial charge in [-0.3, -0.25) is 0 Å². The fraction of sp³-hybridized carbons (Fsp3) is 0.100. The molecule has 4 heterocycles. The summed E-state index contributed by atoms with van der Waals surface area (Å²) in [4.78, 5) is 0. The minimum Gasteiger partial charge on any atom is -0.454 e. The summed E-state index contributed by atoms with van der Waals surface area (Å²) in [5.41, 5.74) is 12.4. The van der Waals surface area contributed by atoms with E-state index in [9.17, 15) is 0 Å². The molecule has 0 unspecified atom stereocenters. The Kier molecular flexibility index (Phi) is 8.32. The second-order valence-corrected chi connectivity index (χ2v) is 18.1. The van der Waals surface area contributed by atoms with Gasteiger partial charge in [-0.15, -0.1) is 0 Å². The fourth-order valence-electron chi connectivity index (χ4n) is 11.1. The molecule has 66 heavy (non-hydrogen) atoms. The van der Waals surface area contributed by atoms with Crippen molar-refractivity contribution in [3.63, 3.8) is 0 Å². The summed E-state index contributed by atoms with van der Waals surface area (Å²) in [5.74, 6) is -1.16. The quantitative estimate of drug-likeness (QED) is 0.167. The first-order valence-corrected chi connectivity index (χ1v) is 22.7. The monoisotopic (exact) mass is 860 g/mol. The molecule has 0 saturated carbocycles. The molecule has 318 valence electrons. The molecule has 4 aromatic heterocycles. The predicted octanol–water partition coefficient (Wildman–Crippen LogP) is 17.5. The van der Waals surface area contributed by atoms with Gasteiger partial charge in [-0.1, -0.05) is 149 Å². The maximum Gasteiger partial charge on any atom is 0.160 e. The minimum absolute atomic E-state index is 0.204. The van der Waals surface area contributed by atoms with Crippen LogP contribution in [0.2, 0.25) is 0 Å². The molecule has 0 aliphatic heterocycles. The topological polar surface area (TPSA) is 36.1 Å². The largest absolute Gasteiger partial charge is 0.454 e. The molecule has 9 aromatic carbocycles. The van der Waals surface area contributed by atoms with Crippen LogP contribution in [-0.4, -0.2) is 9.13 Å². The lowest BCUT2D eigenvalue weighted by molar-refractivity contribution is 0.630. The zero-order valence-corrected chi connectivity index (χ0v) is 36.8. The van der Waals surface area contributed by atoms with E-state index in [1.54, 1.807) is 12.1 Å². The molecular formula is C60H42F2N2O2. The van der Waals surface area contributed by atoms with Gasteiger partial charge in [0.1, 0.15) is 22.8 Å². The Morgan fingerprint density at radius 1 is 0.364 bits per heavy atom. The summed E-state index contributed by atoms with van der Waals surface area (Å²) in [6.45, 7) is 8.67. The number of hydrogen-bond donors (Lipinski definition) is 0. The van der Waals surface area contributed by atoms with Gasteiger partial charge in [0.15, 0.2) is 11.2 Å². The van der Waals surface area contributed by atoms with E-state index in [4.69, 9.17) is 8.83 Å². The zero-order chi connectivity index (χ0) is 44.5. The van der Waals surface area contributed by atoms with Crippen molar-refractivity contribution >= 4 is 87.5 Å². The number of furan rings is 2. The zero-order valence-electron chi connectivity index (χ0n) is 36.8. The standard InChI is InChI=1S/C60H42F2N2O2/c1-33(2)51-53(43-21-5-11-23-45(43)61)57(63-47-25-13-7-17-35(47)39-29-31-41-37-19-9-15-27-49(37)65-59(41)55(39)63)52(34(3)4)58(54(51)44-22-6-12-24-46(44)62)64-48-26-14-8-18-36(48)40-30-32-42-38-20-10-16-28-50(38)66-60(42)56(40)64/h5-34H,1-4H3. The Hall–Kier alpha value is -7.96. The molecule has 6 heteroatoms. The Bertz CT molecular complexity index is 3900. The van der Waals surface area contributed by atoms with Gasteiger partial charge in [0, 0.05) is 70.9 Å². The molecule has 0 saturated heterocycles. The van der Waals surface area contributed by atoms with Crippen molar-refractivity contribution in [1.29, 1.82) is 0 Å². The fourth-order valence-corrected chi connectivity index (χ4v) is 11.1. The predicted molar refractivity (Wildman–Crippen MR) is 269 cm³/mol. The smallest absolute Gasteiger partial charge is 0.160 e. The first kappa shape index (κ1) is 38.5. The molecule has 0 aliphatic carbocycles. The number of rotatable bonds is 6. The van der Waals surface area contributed by atoms with E-state index < -0.39 is 0 Å². The molecule has 0 bridgehead atoms. The van der Waals surface area contributed by atoms with Crippen molar-refractivity contribution in [3.8, 4) is 33.6 Å². The molecule has 0 N–H and O–H groups in total. The van der Waals surface area contributed by atoms with Crippen LogP contribution in [-0.2, 0) is 0 Å². The van der Waals surface area contributed by atoms with Crippen molar-refractivity contribution in [2.24, 2.45) is 0 Å². The van der Waals surface area contributed by atoms with Gasteiger partial charge < -0.3 is 18.0 Å². The highest BCUT2D eigenvalue weighted by Crippen LogP contribution is 2.54. The highest BCUT2D eigenvalue weighted by molar-refractivity contribution is 6.24. The number of nitrogens with zero attached hydrogens (tertiary/aromatic N) is 2. The number of hydrogen-bond acceptors (Lipinski definition) is 2. The summed E-state index contributed by atoms with van der Waals surface area (Å²) >= 11 is 0. The van der Waals surface area contributed by atoms with E-state index in [1.807, 2.05) is 60.7 Å². The Morgan fingerprint density at radius 2 is 0.727 bits per heavy atom. The van der Waals surface area contributed by atoms with Gasteiger partial charge in [-0.25, -0.2) is 8.78 Å². The van der Waals surface area contributed by atoms with Crippen molar-refractivity contribution in [3.05, 3.63) is 193 Å². The van der Waals surface area contributed by atoms with Crippen LogP contribution >= 0.6 is 0 Å². The summed E-state index contributed by atoms with van der Waals surface area (Å²) in [6.07, 6.45) is 0. The maximum absolute atomic E-state index is 17.3. The van der Waals surface area contributed by atoms with Crippen LogP contribution in [0.5, 0.6) is 0 Å². The molecule has 0 amide bonds. The van der Waals surface area contributed by atoms with Crippen LogP contribution in [0.25, 0.3) is 121 Å². The van der Waals surface area contributed by atoms with Crippen molar-refractivity contribution < 1.29 is 17.6 Å². The lowest BCUT2D eigenvalue weighted by atomic mass is 9.78. The SMILES string of the molecule is CC(C)c1c(-c2ccccc2F)c(-n2c3ccccc3c3ccc4c5ccccc5oc4c32)c(C(C)C)c(-n2c3ccccc3c3ccc4c5ccccc5oc4c32)c1-c1ccccc1F. The van der Waals surface area contributed by atoms with Crippen molar-refractivity contribution in [2.75, 3.05) is 0 Å². The number of fused-ring (bicyclic) bond motifs is 14. The third-order valence-electron chi connectivity index (χ3n) is 13.8. The molecule has 0 fully saturated rings. The second kappa shape index (κ2) is 14.3. The van der Waals surface area contributed by atoms with Gasteiger partial charge in [-0.2, -0.15) is 0 Å². The van der Waals surface area contributed by atoms with Crippen molar-refractivity contribution in [1.82, 2.24) is 9.13 Å². The van der Waals surface area contributed by atoms with Crippen molar-refractivity contribution in [2.45, 2.75) is 39.5 Å². The van der Waals surface area contributed by atoms with E-state index in [0.29, 0.717) is 22.3 Å². The first-order chi connectivity index (χ1) is 32.3. The first-order valence-electron chi connectivity index (χ1n) is 22.7. The van der Waals surface area contributed by atoms with E-state index in [2.05, 4.69) is 122 Å². The third kappa shape index (κ3) is 5.24. The summed E-state index contributed by atoms with van der Waals surface area (Å²) in [5, 5.41) is 8.11. The second-order valence-electron chi connectivity index (χ2n) is 18.1. The van der Waals surface area contributed by atoms with Gasteiger partial charge >= 0.3 is 0 Å². The molecular weight excluding hydrogens is 819 g/mol. The van der Waals surface area contributed by atoms with Gasteiger partial charge in [-0.05, 0) is 65.9 Å². The highest BCUT2D eigenvalue weighted by Gasteiger charge is 2.35. The lowest BCUT2D eigenvalue weighted by Gasteiger charge is -2.32. The molecule has 13 rings (SSSR count). The number of halogens is 2. The molecule has 0 atom stereocenters. The Labute approximate surface area is 378 Å². The van der Waals surface area contributed by atoms with Crippen LogP contribution < -0.4 is 0 Å². The number of aromatic nitrogens is 2. The van der Waals surface area contributed by atoms with E-state index >= 15 is 8.78 Å². The average molecular weight is 861 g/mol. The molecule has 0 spiro atoms. The third-order valence-corrected chi connectivity index (χ3v) is 13.8. The summed E-state index contributed by atoms with van der Waals surface area (Å²) in [7, 11) is 0. The van der Waals surface area contributed by atoms with Crippen LogP contribution in [0.15, 0.2) is 179 Å². The van der Waals surface area contributed by atoms with E-state index in [1.165, 1.54) is 12.1 Å². The average Bonchev–Trinajstić information content (AvgIpc) is 4.09. The molecule has 13 aromatic rings. The van der Waals surface area contributed by atoms with E-state index in [0.717, 1.165) is 110 Å². The van der Waals surface area contributed by atoms with Gasteiger partial charge in [0.05, 0.1) is 33.4 Å². The summed E-state index contributed by atoms with van der Waals surface area (Å²) < 4.78 is 53.1. The van der Waals surface area contributed by atoms with E-state index in [-0.39, 0.29) is 23.5 Å².